The van der Waals surface area contributed by atoms with E-state index in [-0.39, 0.29) is 10.7 Å². The topological polar surface area (TPSA) is 92.8 Å². The zero-order chi connectivity index (χ0) is 20.4. The van der Waals surface area contributed by atoms with Crippen molar-refractivity contribution < 1.29 is 13.2 Å². The lowest BCUT2D eigenvalue weighted by molar-refractivity contribution is 0.0982. The number of rotatable bonds is 6. The molecule has 0 bridgehead atoms. The highest BCUT2D eigenvalue weighted by molar-refractivity contribution is 7.91. The number of ketones is 1. The minimum absolute atomic E-state index is 0.0165. The molecule has 4 rings (SSSR count). The summed E-state index contributed by atoms with van der Waals surface area (Å²) in [6, 6.07) is 15.4. The van der Waals surface area contributed by atoms with Gasteiger partial charge in [-0.05, 0) is 48.7 Å². The van der Waals surface area contributed by atoms with Crippen molar-refractivity contribution in [1.82, 2.24) is 15.2 Å². The largest absolute Gasteiger partial charge is 0.294 e. The number of aromatic amines is 1. The van der Waals surface area contributed by atoms with Gasteiger partial charge in [0.2, 0.25) is 9.84 Å². The monoisotopic (exact) mass is 405 g/mol. The smallest absolute Gasteiger partial charge is 0.206 e. The highest BCUT2D eigenvalue weighted by Gasteiger charge is 2.19. The van der Waals surface area contributed by atoms with E-state index >= 15 is 0 Å². The molecular weight excluding hydrogens is 386 g/mol. The van der Waals surface area contributed by atoms with Crippen LogP contribution in [-0.2, 0) is 16.3 Å². The Hall–Kier alpha value is -3.32. The van der Waals surface area contributed by atoms with Gasteiger partial charge in [-0.1, -0.05) is 30.3 Å². The second-order valence-electron chi connectivity index (χ2n) is 6.87. The van der Waals surface area contributed by atoms with E-state index in [1.807, 2.05) is 6.07 Å². The number of hydrogen-bond acceptors (Lipinski definition) is 5. The van der Waals surface area contributed by atoms with Gasteiger partial charge in [-0.15, -0.1) is 0 Å². The fraction of sp³-hybridized carbons (Fsp3) is 0.136. The number of sulfone groups is 1. The SMILES string of the molecule is Cc1ccccc1S(=O)(=O)c1ccc(CCC(=O)c2cnc3[nH]ncc3c2)cc1. The lowest BCUT2D eigenvalue weighted by atomic mass is 10.0. The van der Waals surface area contributed by atoms with Crippen LogP contribution in [0.15, 0.2) is 76.8 Å². The molecule has 0 saturated carbocycles. The first-order valence-electron chi connectivity index (χ1n) is 9.17. The van der Waals surface area contributed by atoms with Gasteiger partial charge in [0.05, 0.1) is 16.0 Å². The molecule has 0 atom stereocenters. The van der Waals surface area contributed by atoms with Gasteiger partial charge in [0.15, 0.2) is 11.4 Å². The Morgan fingerprint density at radius 2 is 1.79 bits per heavy atom. The third kappa shape index (κ3) is 3.82. The van der Waals surface area contributed by atoms with Crippen molar-refractivity contribution in [3.05, 3.63) is 83.7 Å². The first-order chi connectivity index (χ1) is 13.9. The number of aryl methyl sites for hydroxylation is 2. The molecule has 1 N–H and O–H groups in total. The molecule has 6 nitrogen and oxygen atoms in total. The van der Waals surface area contributed by atoms with Crippen LogP contribution in [0.25, 0.3) is 11.0 Å². The number of benzene rings is 2. The maximum Gasteiger partial charge on any atom is 0.206 e. The Labute approximate surface area is 168 Å². The van der Waals surface area contributed by atoms with Gasteiger partial charge in [-0.3, -0.25) is 9.89 Å². The second kappa shape index (κ2) is 7.60. The molecule has 0 radical (unpaired) electrons. The fourth-order valence-corrected chi connectivity index (χ4v) is 4.71. The van der Waals surface area contributed by atoms with E-state index in [1.165, 1.54) is 0 Å². The second-order valence-corrected chi connectivity index (χ2v) is 8.79. The highest BCUT2D eigenvalue weighted by Crippen LogP contribution is 2.24. The van der Waals surface area contributed by atoms with Gasteiger partial charge < -0.3 is 0 Å². The number of H-pyrrole nitrogens is 1. The number of fused-ring (bicyclic) bond motifs is 1. The summed E-state index contributed by atoms with van der Waals surface area (Å²) in [4.78, 5) is 17.2. The standard InChI is InChI=1S/C22H19N3O3S/c1-15-4-2-3-5-21(15)29(27,28)19-9-6-16(7-10-19)8-11-20(26)17-12-18-14-24-25-22(18)23-13-17/h2-7,9-10,12-14H,8,11H2,1H3,(H,23,24,25). The zero-order valence-electron chi connectivity index (χ0n) is 15.8. The molecule has 2 aromatic heterocycles. The molecule has 0 spiro atoms. The molecule has 2 heterocycles. The van der Waals surface area contributed by atoms with Crippen molar-refractivity contribution in [2.75, 3.05) is 0 Å². The van der Waals surface area contributed by atoms with Crippen LogP contribution in [0.4, 0.5) is 0 Å². The van der Waals surface area contributed by atoms with Gasteiger partial charge >= 0.3 is 0 Å². The van der Waals surface area contributed by atoms with Crippen molar-refractivity contribution in [1.29, 1.82) is 0 Å². The maximum atomic E-state index is 12.8. The van der Waals surface area contributed by atoms with Crippen molar-refractivity contribution in [3.63, 3.8) is 0 Å². The Morgan fingerprint density at radius 1 is 1.03 bits per heavy atom. The summed E-state index contributed by atoms with van der Waals surface area (Å²) < 4.78 is 25.7. The highest BCUT2D eigenvalue weighted by atomic mass is 32.2. The lowest BCUT2D eigenvalue weighted by Gasteiger charge is -2.08. The number of nitrogens with one attached hydrogen (secondary N) is 1. The average Bonchev–Trinajstić information content (AvgIpc) is 3.20. The fourth-order valence-electron chi connectivity index (χ4n) is 3.21. The minimum atomic E-state index is -3.56. The maximum absolute atomic E-state index is 12.8. The van der Waals surface area contributed by atoms with Gasteiger partial charge in [0.1, 0.15) is 0 Å². The van der Waals surface area contributed by atoms with Gasteiger partial charge in [0.25, 0.3) is 0 Å². The summed E-state index contributed by atoms with van der Waals surface area (Å²) >= 11 is 0. The van der Waals surface area contributed by atoms with Gasteiger partial charge in [-0.25, -0.2) is 13.4 Å². The van der Waals surface area contributed by atoms with E-state index in [1.54, 1.807) is 67.8 Å². The molecule has 0 aliphatic rings. The van der Waals surface area contributed by atoms with E-state index in [0.717, 1.165) is 10.9 Å². The van der Waals surface area contributed by atoms with Gasteiger partial charge in [-0.2, -0.15) is 5.10 Å². The Balaban J connectivity index is 1.47. The van der Waals surface area contributed by atoms with Crippen LogP contribution in [0.3, 0.4) is 0 Å². The predicted octanol–water partition coefficient (Wildman–Crippen LogP) is 3.91. The Bertz CT molecular complexity index is 1290. The summed E-state index contributed by atoms with van der Waals surface area (Å²) in [6.07, 6.45) is 4.01. The van der Waals surface area contributed by atoms with Crippen LogP contribution in [0.5, 0.6) is 0 Å². The molecule has 0 fully saturated rings. The van der Waals surface area contributed by atoms with Crippen LogP contribution in [-0.4, -0.2) is 29.4 Å². The molecule has 0 aliphatic carbocycles. The van der Waals surface area contributed by atoms with Crippen molar-refractivity contribution in [3.8, 4) is 0 Å². The molecule has 29 heavy (non-hydrogen) atoms. The van der Waals surface area contributed by atoms with Crippen LogP contribution in [0.2, 0.25) is 0 Å². The number of pyridine rings is 1. The quantitative estimate of drug-likeness (QED) is 0.491. The first kappa shape index (κ1) is 19.0. The van der Waals surface area contributed by atoms with Crippen LogP contribution >= 0.6 is 0 Å². The van der Waals surface area contributed by atoms with Crippen molar-refractivity contribution in [2.24, 2.45) is 0 Å². The molecular formula is C22H19N3O3S. The third-order valence-electron chi connectivity index (χ3n) is 4.87. The van der Waals surface area contributed by atoms with E-state index in [2.05, 4.69) is 15.2 Å². The number of hydrogen-bond donors (Lipinski definition) is 1. The number of Topliss-reactive ketones (excluding diaryl/α,β-unsaturated/α-hetero) is 1. The predicted molar refractivity (Wildman–Crippen MR) is 110 cm³/mol. The van der Waals surface area contributed by atoms with E-state index in [9.17, 15) is 13.2 Å². The third-order valence-corrected chi connectivity index (χ3v) is 6.80. The zero-order valence-corrected chi connectivity index (χ0v) is 16.6. The molecule has 2 aromatic carbocycles. The number of carbonyl (C=O) groups excluding carboxylic acids is 1. The molecule has 0 aliphatic heterocycles. The van der Waals surface area contributed by atoms with E-state index in [0.29, 0.717) is 34.5 Å². The number of aromatic nitrogens is 3. The van der Waals surface area contributed by atoms with Crippen LogP contribution in [0.1, 0.15) is 27.9 Å². The van der Waals surface area contributed by atoms with Crippen molar-refractivity contribution in [2.45, 2.75) is 29.6 Å². The molecule has 0 unspecified atom stereocenters. The summed E-state index contributed by atoms with van der Waals surface area (Å²) in [5.74, 6) is -0.0165. The Morgan fingerprint density at radius 3 is 2.55 bits per heavy atom. The van der Waals surface area contributed by atoms with E-state index in [4.69, 9.17) is 0 Å². The van der Waals surface area contributed by atoms with Crippen molar-refractivity contribution >= 4 is 26.7 Å². The normalized spacial score (nSPS) is 11.6. The summed E-state index contributed by atoms with van der Waals surface area (Å²) in [5, 5.41) is 7.45. The van der Waals surface area contributed by atoms with E-state index < -0.39 is 9.84 Å². The van der Waals surface area contributed by atoms with Crippen LogP contribution in [0, 0.1) is 6.92 Å². The molecule has 0 amide bonds. The summed E-state index contributed by atoms with van der Waals surface area (Å²) in [7, 11) is -3.56. The molecule has 4 aromatic rings. The molecule has 0 saturated heterocycles. The molecule has 146 valence electrons. The first-order valence-corrected chi connectivity index (χ1v) is 10.7. The summed E-state index contributed by atoms with van der Waals surface area (Å²) in [5.41, 5.74) is 2.80. The lowest BCUT2D eigenvalue weighted by Crippen LogP contribution is -2.05. The summed E-state index contributed by atoms with van der Waals surface area (Å²) in [6.45, 7) is 1.78. The minimum Gasteiger partial charge on any atom is -0.294 e. The Kier molecular flexibility index (Phi) is 4.98. The number of carbonyl (C=O) groups is 1. The molecule has 7 heteroatoms. The van der Waals surface area contributed by atoms with Gasteiger partial charge in [0, 0.05) is 23.6 Å². The van der Waals surface area contributed by atoms with Crippen LogP contribution < -0.4 is 0 Å². The average molecular weight is 405 g/mol. The number of nitrogens with zero attached hydrogens (tertiary/aromatic N) is 2.